The molecule has 0 fully saturated rings. The minimum atomic E-state index is -4.86. The average molecular weight is 291 g/mol. The fourth-order valence-electron chi connectivity index (χ4n) is 1.33. The molecule has 0 bridgehead atoms. The summed E-state index contributed by atoms with van der Waals surface area (Å²) in [6.45, 7) is -0.204. The number of hydrogen-bond donors (Lipinski definition) is 2. The number of halogens is 3. The Kier molecular flexibility index (Phi) is 5.36. The van der Waals surface area contributed by atoms with Crippen LogP contribution in [0.25, 0.3) is 0 Å². The molecule has 2 N–H and O–H groups in total. The first-order valence-corrected chi connectivity index (χ1v) is 5.54. The normalized spacial score (nSPS) is 12.6. The molecule has 5 nitrogen and oxygen atoms in total. The van der Waals surface area contributed by atoms with Gasteiger partial charge in [-0.2, -0.15) is 13.2 Å². The molecular formula is C12H12F3NO4. The van der Waals surface area contributed by atoms with Gasteiger partial charge in [0.15, 0.2) is 0 Å². The van der Waals surface area contributed by atoms with Gasteiger partial charge >= 0.3 is 18.2 Å². The summed E-state index contributed by atoms with van der Waals surface area (Å²) < 4.78 is 42.0. The third-order valence-corrected chi connectivity index (χ3v) is 2.28. The van der Waals surface area contributed by atoms with Crippen molar-refractivity contribution in [1.82, 2.24) is 5.32 Å². The highest BCUT2D eigenvalue weighted by Crippen LogP contribution is 2.22. The molecule has 0 aliphatic rings. The summed E-state index contributed by atoms with van der Waals surface area (Å²) >= 11 is 0. The topological polar surface area (TPSA) is 75.6 Å². The van der Waals surface area contributed by atoms with Gasteiger partial charge in [0.05, 0.1) is 6.42 Å². The highest BCUT2D eigenvalue weighted by atomic mass is 19.4. The van der Waals surface area contributed by atoms with Gasteiger partial charge in [0, 0.05) is 0 Å². The lowest BCUT2D eigenvalue weighted by Gasteiger charge is -2.19. The molecular weight excluding hydrogens is 279 g/mol. The minimum Gasteiger partial charge on any atom is -0.481 e. The summed E-state index contributed by atoms with van der Waals surface area (Å²) in [6, 6.07) is 5.87. The van der Waals surface area contributed by atoms with Gasteiger partial charge in [-0.1, -0.05) is 30.3 Å². The summed E-state index contributed by atoms with van der Waals surface area (Å²) in [6.07, 6.45) is -7.44. The van der Waals surface area contributed by atoms with E-state index in [0.29, 0.717) is 5.56 Å². The molecule has 0 aromatic heterocycles. The Hall–Kier alpha value is -2.25. The largest absolute Gasteiger partial charge is 0.481 e. The standard InChI is InChI=1S/C12H12F3NO4/c13-12(14,15)9(6-10(17)18)16-11(19)20-7-8-4-2-1-3-5-8/h1-5,9H,6-7H2,(H,16,19)(H,17,18). The van der Waals surface area contributed by atoms with Gasteiger partial charge in [0.25, 0.3) is 0 Å². The van der Waals surface area contributed by atoms with Crippen molar-refractivity contribution in [2.75, 3.05) is 0 Å². The number of rotatable bonds is 5. The van der Waals surface area contributed by atoms with E-state index in [1.165, 1.54) is 5.32 Å². The van der Waals surface area contributed by atoms with Crippen LogP contribution in [0.4, 0.5) is 18.0 Å². The summed E-state index contributed by atoms with van der Waals surface area (Å²) in [5.41, 5.74) is 0.601. The number of carbonyl (C=O) groups is 2. The van der Waals surface area contributed by atoms with Crippen LogP contribution in [-0.4, -0.2) is 29.4 Å². The van der Waals surface area contributed by atoms with E-state index in [1.54, 1.807) is 30.3 Å². The molecule has 20 heavy (non-hydrogen) atoms. The van der Waals surface area contributed by atoms with Gasteiger partial charge < -0.3 is 15.2 Å². The van der Waals surface area contributed by atoms with Crippen molar-refractivity contribution in [3.8, 4) is 0 Å². The summed E-state index contributed by atoms with van der Waals surface area (Å²) in [7, 11) is 0. The first-order chi connectivity index (χ1) is 9.29. The van der Waals surface area contributed by atoms with Crippen molar-refractivity contribution in [3.05, 3.63) is 35.9 Å². The van der Waals surface area contributed by atoms with E-state index in [9.17, 15) is 22.8 Å². The van der Waals surface area contributed by atoms with Gasteiger partial charge in [-0.25, -0.2) is 4.79 Å². The van der Waals surface area contributed by atoms with Crippen LogP contribution in [0, 0.1) is 0 Å². The van der Waals surface area contributed by atoms with E-state index in [2.05, 4.69) is 4.74 Å². The maximum atomic E-state index is 12.5. The Morgan fingerprint density at radius 2 is 1.85 bits per heavy atom. The molecule has 0 saturated carbocycles. The van der Waals surface area contributed by atoms with E-state index in [4.69, 9.17) is 5.11 Å². The number of benzene rings is 1. The zero-order chi connectivity index (χ0) is 15.2. The van der Waals surface area contributed by atoms with Gasteiger partial charge in [-0.3, -0.25) is 4.79 Å². The molecule has 0 spiro atoms. The number of hydrogen-bond acceptors (Lipinski definition) is 3. The number of alkyl carbamates (subject to hydrolysis) is 1. The van der Waals surface area contributed by atoms with Gasteiger partial charge in [-0.15, -0.1) is 0 Å². The predicted octanol–water partition coefficient (Wildman–Crippen LogP) is 2.32. The predicted molar refractivity (Wildman–Crippen MR) is 61.9 cm³/mol. The molecule has 0 aliphatic heterocycles. The summed E-state index contributed by atoms with van der Waals surface area (Å²) in [5.74, 6) is -1.67. The van der Waals surface area contributed by atoms with Gasteiger partial charge in [-0.05, 0) is 5.56 Å². The quantitative estimate of drug-likeness (QED) is 0.873. The molecule has 1 rings (SSSR count). The third-order valence-electron chi connectivity index (χ3n) is 2.28. The lowest BCUT2D eigenvalue weighted by atomic mass is 10.2. The molecule has 0 heterocycles. The van der Waals surface area contributed by atoms with Crippen molar-refractivity contribution < 1.29 is 32.6 Å². The third kappa shape index (κ3) is 5.59. The summed E-state index contributed by atoms with van der Waals surface area (Å²) in [5, 5.41) is 9.87. The van der Waals surface area contributed by atoms with Crippen LogP contribution in [0.2, 0.25) is 0 Å². The maximum Gasteiger partial charge on any atom is 0.409 e. The maximum absolute atomic E-state index is 12.5. The smallest absolute Gasteiger partial charge is 0.409 e. The monoisotopic (exact) mass is 291 g/mol. The van der Waals surface area contributed by atoms with Crippen LogP contribution in [-0.2, 0) is 16.1 Å². The molecule has 0 aliphatic carbocycles. The van der Waals surface area contributed by atoms with E-state index in [-0.39, 0.29) is 6.61 Å². The Labute approximate surface area is 112 Å². The minimum absolute atomic E-state index is 0.204. The molecule has 1 unspecified atom stereocenters. The van der Waals surface area contributed by atoms with Crippen LogP contribution in [0.3, 0.4) is 0 Å². The second-order valence-electron chi connectivity index (χ2n) is 3.90. The number of carboxylic acid groups (broad SMARTS) is 1. The zero-order valence-electron chi connectivity index (χ0n) is 10.2. The van der Waals surface area contributed by atoms with E-state index < -0.39 is 30.7 Å². The number of aliphatic carboxylic acids is 1. The van der Waals surface area contributed by atoms with Crippen LogP contribution >= 0.6 is 0 Å². The van der Waals surface area contributed by atoms with Gasteiger partial charge in [0.1, 0.15) is 12.6 Å². The number of carboxylic acids is 1. The van der Waals surface area contributed by atoms with Crippen molar-refractivity contribution in [2.24, 2.45) is 0 Å². The first kappa shape index (κ1) is 15.8. The van der Waals surface area contributed by atoms with Crippen LogP contribution < -0.4 is 5.32 Å². The fourth-order valence-corrected chi connectivity index (χ4v) is 1.33. The van der Waals surface area contributed by atoms with E-state index in [0.717, 1.165) is 0 Å². The number of amides is 1. The number of nitrogens with one attached hydrogen (secondary N) is 1. The average Bonchev–Trinajstić information content (AvgIpc) is 2.35. The van der Waals surface area contributed by atoms with Crippen LogP contribution in [0.15, 0.2) is 30.3 Å². The van der Waals surface area contributed by atoms with Crippen molar-refractivity contribution in [2.45, 2.75) is 25.2 Å². The lowest BCUT2D eigenvalue weighted by Crippen LogP contribution is -2.46. The van der Waals surface area contributed by atoms with E-state index in [1.807, 2.05) is 0 Å². The Bertz CT molecular complexity index is 462. The lowest BCUT2D eigenvalue weighted by molar-refractivity contribution is -0.165. The fraction of sp³-hybridized carbons (Fsp3) is 0.333. The second kappa shape index (κ2) is 6.78. The Morgan fingerprint density at radius 1 is 1.25 bits per heavy atom. The molecule has 1 atom stereocenters. The second-order valence-corrected chi connectivity index (χ2v) is 3.90. The Balaban J connectivity index is 2.52. The molecule has 1 amide bonds. The highest BCUT2D eigenvalue weighted by molar-refractivity contribution is 5.71. The molecule has 1 aromatic carbocycles. The SMILES string of the molecule is O=C(O)CC(NC(=O)OCc1ccccc1)C(F)(F)F. The molecule has 8 heteroatoms. The van der Waals surface area contributed by atoms with Crippen molar-refractivity contribution in [1.29, 1.82) is 0 Å². The number of carbonyl (C=O) groups excluding carboxylic acids is 1. The zero-order valence-corrected chi connectivity index (χ0v) is 10.2. The van der Waals surface area contributed by atoms with Gasteiger partial charge in [0.2, 0.25) is 0 Å². The highest BCUT2D eigenvalue weighted by Gasteiger charge is 2.42. The van der Waals surface area contributed by atoms with Crippen LogP contribution in [0.1, 0.15) is 12.0 Å². The molecule has 0 radical (unpaired) electrons. The number of alkyl halides is 3. The molecule has 1 aromatic rings. The van der Waals surface area contributed by atoms with Crippen LogP contribution in [0.5, 0.6) is 0 Å². The molecule has 110 valence electrons. The first-order valence-electron chi connectivity index (χ1n) is 5.54. The van der Waals surface area contributed by atoms with Crippen molar-refractivity contribution >= 4 is 12.1 Å². The number of ether oxygens (including phenoxy) is 1. The van der Waals surface area contributed by atoms with Crippen molar-refractivity contribution in [3.63, 3.8) is 0 Å². The van der Waals surface area contributed by atoms with E-state index >= 15 is 0 Å². The Morgan fingerprint density at radius 3 is 2.35 bits per heavy atom. The summed E-state index contributed by atoms with van der Waals surface area (Å²) in [4.78, 5) is 21.6. The molecule has 0 saturated heterocycles.